The standard InChI is InChI=1S/C11H20F2N2O2/c1-7(9(14)10(15)16)17-6-8-2-4-11(12,13)5-3-8/h7-9H,2-6,14H2,1H3,(H2,15,16)/t7-,9+/m1/s1. The van der Waals surface area contributed by atoms with E-state index in [1.807, 2.05) is 0 Å². The van der Waals surface area contributed by atoms with Crippen molar-refractivity contribution in [1.29, 1.82) is 0 Å². The van der Waals surface area contributed by atoms with E-state index >= 15 is 0 Å². The monoisotopic (exact) mass is 250 g/mol. The summed E-state index contributed by atoms with van der Waals surface area (Å²) in [7, 11) is 0. The van der Waals surface area contributed by atoms with Gasteiger partial charge in [-0.2, -0.15) is 0 Å². The minimum Gasteiger partial charge on any atom is -0.376 e. The molecule has 0 heterocycles. The van der Waals surface area contributed by atoms with Gasteiger partial charge in [0.05, 0.1) is 6.10 Å². The molecule has 6 heteroatoms. The lowest BCUT2D eigenvalue weighted by Gasteiger charge is -2.29. The van der Waals surface area contributed by atoms with Gasteiger partial charge in [0.1, 0.15) is 6.04 Å². The van der Waals surface area contributed by atoms with Crippen molar-refractivity contribution in [3.63, 3.8) is 0 Å². The van der Waals surface area contributed by atoms with Crippen LogP contribution in [0, 0.1) is 5.92 Å². The first-order valence-electron chi connectivity index (χ1n) is 5.86. The molecule has 0 unspecified atom stereocenters. The largest absolute Gasteiger partial charge is 0.376 e. The summed E-state index contributed by atoms with van der Waals surface area (Å²) < 4.78 is 31.2. The molecule has 17 heavy (non-hydrogen) atoms. The number of alkyl halides is 2. The fourth-order valence-electron chi connectivity index (χ4n) is 1.89. The predicted octanol–water partition coefficient (Wildman–Crippen LogP) is 1.03. The number of nitrogens with two attached hydrogens (primary N) is 2. The van der Waals surface area contributed by atoms with Crippen molar-refractivity contribution < 1.29 is 18.3 Å². The van der Waals surface area contributed by atoms with E-state index in [1.165, 1.54) is 0 Å². The van der Waals surface area contributed by atoms with Crippen molar-refractivity contribution in [3.8, 4) is 0 Å². The highest BCUT2D eigenvalue weighted by Crippen LogP contribution is 2.36. The Hall–Kier alpha value is -0.750. The summed E-state index contributed by atoms with van der Waals surface area (Å²) in [4.78, 5) is 10.8. The lowest BCUT2D eigenvalue weighted by atomic mass is 9.87. The minimum atomic E-state index is -2.52. The van der Waals surface area contributed by atoms with E-state index in [0.717, 1.165) is 0 Å². The van der Waals surface area contributed by atoms with Crippen molar-refractivity contribution >= 4 is 5.91 Å². The van der Waals surface area contributed by atoms with E-state index in [-0.39, 0.29) is 18.8 Å². The lowest BCUT2D eigenvalue weighted by Crippen LogP contribution is -2.46. The maximum Gasteiger partial charge on any atom is 0.248 e. The first kappa shape index (κ1) is 14.3. The van der Waals surface area contributed by atoms with E-state index < -0.39 is 24.0 Å². The average molecular weight is 250 g/mol. The number of carbonyl (C=O) groups excluding carboxylic acids is 1. The summed E-state index contributed by atoms with van der Waals surface area (Å²) in [5, 5.41) is 0. The fourth-order valence-corrected chi connectivity index (χ4v) is 1.89. The Morgan fingerprint density at radius 2 is 2.00 bits per heavy atom. The van der Waals surface area contributed by atoms with Crippen LogP contribution in [0.3, 0.4) is 0 Å². The SMILES string of the molecule is C[C@@H](OCC1CCC(F)(F)CC1)[C@H](N)C(N)=O. The van der Waals surface area contributed by atoms with Crippen LogP contribution in [0.15, 0.2) is 0 Å². The van der Waals surface area contributed by atoms with Crippen molar-refractivity contribution in [2.45, 2.75) is 50.7 Å². The highest BCUT2D eigenvalue weighted by molar-refractivity contribution is 5.80. The van der Waals surface area contributed by atoms with Crippen molar-refractivity contribution in [1.82, 2.24) is 0 Å². The first-order chi connectivity index (χ1) is 7.82. The Morgan fingerprint density at radius 3 is 2.47 bits per heavy atom. The van der Waals surface area contributed by atoms with Gasteiger partial charge in [-0.25, -0.2) is 8.78 Å². The summed E-state index contributed by atoms with van der Waals surface area (Å²) in [5.41, 5.74) is 10.5. The van der Waals surface area contributed by atoms with E-state index in [9.17, 15) is 13.6 Å². The van der Waals surface area contributed by atoms with Gasteiger partial charge in [0.25, 0.3) is 0 Å². The fraction of sp³-hybridized carbons (Fsp3) is 0.909. The molecule has 0 bridgehead atoms. The molecule has 0 aromatic carbocycles. The molecule has 4 nitrogen and oxygen atoms in total. The molecule has 0 radical (unpaired) electrons. The summed E-state index contributed by atoms with van der Waals surface area (Å²) in [6.45, 7) is 2.02. The molecule has 1 fully saturated rings. The lowest BCUT2D eigenvalue weighted by molar-refractivity contribution is -0.123. The molecule has 0 spiro atoms. The Morgan fingerprint density at radius 1 is 1.47 bits per heavy atom. The third kappa shape index (κ3) is 4.55. The maximum atomic E-state index is 12.9. The van der Waals surface area contributed by atoms with Crippen LogP contribution >= 0.6 is 0 Å². The smallest absolute Gasteiger partial charge is 0.248 e. The van der Waals surface area contributed by atoms with Crippen LogP contribution in [0.5, 0.6) is 0 Å². The molecule has 1 amide bonds. The molecule has 0 saturated heterocycles. The number of carbonyl (C=O) groups is 1. The zero-order chi connectivity index (χ0) is 13.1. The van der Waals surface area contributed by atoms with Crippen LogP contribution in [-0.2, 0) is 9.53 Å². The summed E-state index contributed by atoms with van der Waals surface area (Å²) >= 11 is 0. The number of hydrogen-bond acceptors (Lipinski definition) is 3. The van der Waals surface area contributed by atoms with Gasteiger partial charge in [-0.15, -0.1) is 0 Å². The van der Waals surface area contributed by atoms with Crippen LogP contribution in [0.1, 0.15) is 32.6 Å². The molecular formula is C11H20F2N2O2. The van der Waals surface area contributed by atoms with Crippen LogP contribution in [0.25, 0.3) is 0 Å². The highest BCUT2D eigenvalue weighted by Gasteiger charge is 2.35. The van der Waals surface area contributed by atoms with Gasteiger partial charge in [-0.3, -0.25) is 4.79 Å². The summed E-state index contributed by atoms with van der Waals surface area (Å²) in [6, 6.07) is -0.847. The quantitative estimate of drug-likeness (QED) is 0.765. The molecule has 2 atom stereocenters. The van der Waals surface area contributed by atoms with E-state index in [2.05, 4.69) is 0 Å². The first-order valence-corrected chi connectivity index (χ1v) is 5.86. The maximum absolute atomic E-state index is 12.9. The molecule has 100 valence electrons. The predicted molar refractivity (Wildman–Crippen MR) is 59.5 cm³/mol. The number of rotatable bonds is 5. The van der Waals surface area contributed by atoms with Gasteiger partial charge in [0.15, 0.2) is 0 Å². The zero-order valence-corrected chi connectivity index (χ0v) is 9.99. The van der Waals surface area contributed by atoms with Gasteiger partial charge in [-0.1, -0.05) is 0 Å². The zero-order valence-electron chi connectivity index (χ0n) is 9.99. The van der Waals surface area contributed by atoms with Crippen LogP contribution < -0.4 is 11.5 Å². The van der Waals surface area contributed by atoms with Crippen LogP contribution in [0.4, 0.5) is 8.78 Å². The molecule has 1 aliphatic carbocycles. The topological polar surface area (TPSA) is 78.3 Å². The number of primary amides is 1. The Balaban J connectivity index is 2.26. The number of amides is 1. The van der Waals surface area contributed by atoms with E-state index in [4.69, 9.17) is 16.2 Å². The van der Waals surface area contributed by atoms with E-state index in [0.29, 0.717) is 19.4 Å². The van der Waals surface area contributed by atoms with E-state index in [1.54, 1.807) is 6.92 Å². The molecule has 0 aromatic rings. The van der Waals surface area contributed by atoms with Gasteiger partial charge in [0.2, 0.25) is 11.8 Å². The van der Waals surface area contributed by atoms with Crippen molar-refractivity contribution in [2.75, 3.05) is 6.61 Å². The molecule has 1 saturated carbocycles. The van der Waals surface area contributed by atoms with Gasteiger partial charge < -0.3 is 16.2 Å². The second-order valence-corrected chi connectivity index (χ2v) is 4.77. The molecule has 4 N–H and O–H groups in total. The van der Waals surface area contributed by atoms with Gasteiger partial charge >= 0.3 is 0 Å². The number of hydrogen-bond donors (Lipinski definition) is 2. The third-order valence-corrected chi connectivity index (χ3v) is 3.27. The molecule has 1 aliphatic rings. The second kappa shape index (κ2) is 5.73. The average Bonchev–Trinajstić information content (AvgIpc) is 2.26. The third-order valence-electron chi connectivity index (χ3n) is 3.27. The molecular weight excluding hydrogens is 230 g/mol. The van der Waals surface area contributed by atoms with Crippen LogP contribution in [-0.4, -0.2) is 30.6 Å². The van der Waals surface area contributed by atoms with Gasteiger partial charge in [0, 0.05) is 19.4 Å². The molecule has 0 aromatic heterocycles. The van der Waals surface area contributed by atoms with Crippen molar-refractivity contribution in [2.24, 2.45) is 17.4 Å². The summed E-state index contributed by atoms with van der Waals surface area (Å²) in [6.07, 6.45) is 0.251. The Kier molecular flexibility index (Phi) is 4.82. The minimum absolute atomic E-state index is 0.0860. The number of ether oxygens (including phenoxy) is 1. The Labute approximate surface area is 99.7 Å². The van der Waals surface area contributed by atoms with Crippen molar-refractivity contribution in [3.05, 3.63) is 0 Å². The van der Waals surface area contributed by atoms with Gasteiger partial charge in [-0.05, 0) is 25.7 Å². The summed E-state index contributed by atoms with van der Waals surface area (Å²) in [5.74, 6) is -3.02. The second-order valence-electron chi connectivity index (χ2n) is 4.77. The number of halogens is 2. The molecule has 0 aliphatic heterocycles. The molecule has 1 rings (SSSR count). The highest BCUT2D eigenvalue weighted by atomic mass is 19.3. The normalized spacial score (nSPS) is 24.2. The Bertz CT molecular complexity index is 264. The van der Waals surface area contributed by atoms with Crippen LogP contribution in [0.2, 0.25) is 0 Å².